The zero-order chi connectivity index (χ0) is 17.6. The Morgan fingerprint density at radius 1 is 1.08 bits per heavy atom. The number of hydrazine groups is 1. The Kier molecular flexibility index (Phi) is 5.06. The van der Waals surface area contributed by atoms with Crippen molar-refractivity contribution in [3.05, 3.63) is 77.2 Å². The van der Waals surface area contributed by atoms with E-state index in [-0.39, 0.29) is 12.3 Å². The van der Waals surface area contributed by atoms with Crippen molar-refractivity contribution in [1.29, 1.82) is 0 Å². The third-order valence-corrected chi connectivity index (χ3v) is 3.59. The van der Waals surface area contributed by atoms with Crippen molar-refractivity contribution in [2.75, 3.05) is 0 Å². The molecule has 3 aromatic rings. The predicted octanol–water partition coefficient (Wildman–Crippen LogP) is 1.92. The molecule has 0 unspecified atom stereocenters. The maximum absolute atomic E-state index is 12.0. The highest BCUT2D eigenvalue weighted by atomic mass is 35.5. The molecule has 2 N–H and O–H groups in total. The van der Waals surface area contributed by atoms with E-state index in [1.54, 1.807) is 59.5 Å². The van der Waals surface area contributed by atoms with Crippen LogP contribution in [0.5, 0.6) is 0 Å². The molecule has 0 saturated carbocycles. The fraction of sp³-hybridized carbons (Fsp3) is 0.0588. The summed E-state index contributed by atoms with van der Waals surface area (Å²) in [6, 6.07) is 12.0. The van der Waals surface area contributed by atoms with E-state index in [1.165, 1.54) is 6.20 Å². The molecule has 0 aliphatic rings. The summed E-state index contributed by atoms with van der Waals surface area (Å²) in [5.41, 5.74) is 5.84. The molecular formula is C17H14ClN5O2. The van der Waals surface area contributed by atoms with Gasteiger partial charge in [0.2, 0.25) is 5.91 Å². The summed E-state index contributed by atoms with van der Waals surface area (Å²) in [4.78, 5) is 28.1. The van der Waals surface area contributed by atoms with Crippen LogP contribution in [0, 0.1) is 0 Å². The molecule has 25 heavy (non-hydrogen) atoms. The Hall–Kier alpha value is -3.19. The lowest BCUT2D eigenvalue weighted by Gasteiger charge is -2.08. The average molecular weight is 356 g/mol. The lowest BCUT2D eigenvalue weighted by molar-refractivity contribution is -0.121. The summed E-state index contributed by atoms with van der Waals surface area (Å²) in [5.74, 6) is -0.200. The number of carbonyl (C=O) groups is 2. The molecule has 126 valence electrons. The van der Waals surface area contributed by atoms with Gasteiger partial charge in [0, 0.05) is 23.6 Å². The van der Waals surface area contributed by atoms with Gasteiger partial charge in [-0.25, -0.2) is 9.67 Å². The second kappa shape index (κ2) is 7.59. The summed E-state index contributed by atoms with van der Waals surface area (Å²) in [7, 11) is 0. The first-order valence-electron chi connectivity index (χ1n) is 7.41. The van der Waals surface area contributed by atoms with Crippen molar-refractivity contribution < 1.29 is 9.59 Å². The zero-order valence-electron chi connectivity index (χ0n) is 13.0. The number of aromatic nitrogens is 3. The predicted molar refractivity (Wildman–Crippen MR) is 92.1 cm³/mol. The van der Waals surface area contributed by atoms with Gasteiger partial charge >= 0.3 is 0 Å². The van der Waals surface area contributed by atoms with E-state index in [9.17, 15) is 9.59 Å². The van der Waals surface area contributed by atoms with Crippen molar-refractivity contribution in [2.24, 2.45) is 0 Å². The van der Waals surface area contributed by atoms with Gasteiger partial charge in [0.05, 0.1) is 12.0 Å². The van der Waals surface area contributed by atoms with Gasteiger partial charge in [-0.05, 0) is 35.9 Å². The monoisotopic (exact) mass is 355 g/mol. The minimum Gasteiger partial charge on any atom is -0.273 e. The highest BCUT2D eigenvalue weighted by Gasteiger charge is 2.09. The maximum atomic E-state index is 12.0. The summed E-state index contributed by atoms with van der Waals surface area (Å²) in [6.07, 6.45) is 4.93. The molecule has 2 aromatic heterocycles. The van der Waals surface area contributed by atoms with Crippen LogP contribution in [0.25, 0.3) is 5.82 Å². The number of carbonyl (C=O) groups excluding carboxylic acids is 2. The van der Waals surface area contributed by atoms with E-state index in [0.717, 1.165) is 5.56 Å². The third-order valence-electron chi connectivity index (χ3n) is 3.34. The van der Waals surface area contributed by atoms with Gasteiger partial charge in [-0.2, -0.15) is 5.10 Å². The molecule has 0 saturated heterocycles. The molecule has 3 rings (SSSR count). The molecule has 0 aliphatic heterocycles. The largest absolute Gasteiger partial charge is 0.273 e. The van der Waals surface area contributed by atoms with Gasteiger partial charge in [-0.15, -0.1) is 0 Å². The SMILES string of the molecule is O=C(Cc1ccc(Cl)cc1)NNC(=O)c1ccc(-n2cccn2)nc1. The highest BCUT2D eigenvalue weighted by Crippen LogP contribution is 2.09. The number of amides is 2. The molecule has 2 amide bonds. The van der Waals surface area contributed by atoms with Gasteiger partial charge in [0.25, 0.3) is 5.91 Å². The fourth-order valence-corrected chi connectivity index (χ4v) is 2.22. The number of nitrogens with zero attached hydrogens (tertiary/aromatic N) is 3. The first kappa shape index (κ1) is 16.7. The summed E-state index contributed by atoms with van der Waals surface area (Å²) < 4.78 is 1.58. The van der Waals surface area contributed by atoms with Crippen LogP contribution in [-0.2, 0) is 11.2 Å². The Morgan fingerprint density at radius 3 is 2.52 bits per heavy atom. The van der Waals surface area contributed by atoms with Crippen LogP contribution >= 0.6 is 11.6 Å². The highest BCUT2D eigenvalue weighted by molar-refractivity contribution is 6.30. The topological polar surface area (TPSA) is 88.9 Å². The van der Waals surface area contributed by atoms with E-state index in [2.05, 4.69) is 20.9 Å². The van der Waals surface area contributed by atoms with E-state index in [4.69, 9.17) is 11.6 Å². The Labute approximate surface area is 148 Å². The standard InChI is InChI=1S/C17H14ClN5O2/c18-14-5-2-12(3-6-14)10-16(24)21-22-17(25)13-4-7-15(19-11-13)23-9-1-8-20-23/h1-9,11H,10H2,(H,21,24)(H,22,25). The number of nitrogens with one attached hydrogen (secondary N) is 2. The smallest absolute Gasteiger partial charge is 0.271 e. The molecule has 0 bridgehead atoms. The fourth-order valence-electron chi connectivity index (χ4n) is 2.09. The number of hydrogen-bond donors (Lipinski definition) is 2. The molecule has 0 atom stereocenters. The van der Waals surface area contributed by atoms with Crippen molar-refractivity contribution in [1.82, 2.24) is 25.6 Å². The van der Waals surface area contributed by atoms with Crippen LogP contribution in [0.3, 0.4) is 0 Å². The lowest BCUT2D eigenvalue weighted by atomic mass is 10.1. The maximum Gasteiger partial charge on any atom is 0.271 e. The van der Waals surface area contributed by atoms with Crippen LogP contribution in [0.4, 0.5) is 0 Å². The number of benzene rings is 1. The van der Waals surface area contributed by atoms with Gasteiger partial charge in [0.15, 0.2) is 5.82 Å². The summed E-state index contributed by atoms with van der Waals surface area (Å²) in [6.45, 7) is 0. The molecule has 0 radical (unpaired) electrons. The first-order valence-corrected chi connectivity index (χ1v) is 7.79. The van der Waals surface area contributed by atoms with Crippen molar-refractivity contribution in [3.8, 4) is 5.82 Å². The van der Waals surface area contributed by atoms with E-state index in [1.807, 2.05) is 0 Å². The Balaban J connectivity index is 1.53. The number of halogens is 1. The van der Waals surface area contributed by atoms with E-state index in [0.29, 0.717) is 16.4 Å². The van der Waals surface area contributed by atoms with Crippen LogP contribution in [0.15, 0.2) is 61.1 Å². The van der Waals surface area contributed by atoms with Crippen molar-refractivity contribution in [2.45, 2.75) is 6.42 Å². The molecule has 1 aromatic carbocycles. The number of hydrogen-bond acceptors (Lipinski definition) is 4. The van der Waals surface area contributed by atoms with Gasteiger partial charge in [0.1, 0.15) is 0 Å². The Bertz CT molecular complexity index is 861. The summed E-state index contributed by atoms with van der Waals surface area (Å²) in [5, 5.41) is 4.65. The van der Waals surface area contributed by atoms with Crippen LogP contribution in [0.1, 0.15) is 15.9 Å². The molecule has 2 heterocycles. The second-order valence-corrected chi connectivity index (χ2v) is 5.60. The molecule has 0 aliphatic carbocycles. The lowest BCUT2D eigenvalue weighted by Crippen LogP contribution is -2.42. The Morgan fingerprint density at radius 2 is 1.88 bits per heavy atom. The molecule has 7 nitrogen and oxygen atoms in total. The number of pyridine rings is 1. The van der Waals surface area contributed by atoms with E-state index < -0.39 is 5.91 Å². The third kappa shape index (κ3) is 4.42. The average Bonchev–Trinajstić information content (AvgIpc) is 3.16. The molecule has 0 fully saturated rings. The molecule has 0 spiro atoms. The van der Waals surface area contributed by atoms with Crippen LogP contribution < -0.4 is 10.9 Å². The quantitative estimate of drug-likeness (QED) is 0.700. The minimum atomic E-state index is -0.455. The van der Waals surface area contributed by atoms with Crippen molar-refractivity contribution >= 4 is 23.4 Å². The van der Waals surface area contributed by atoms with Gasteiger partial charge < -0.3 is 0 Å². The van der Waals surface area contributed by atoms with Crippen molar-refractivity contribution in [3.63, 3.8) is 0 Å². The minimum absolute atomic E-state index is 0.133. The zero-order valence-corrected chi connectivity index (χ0v) is 13.8. The van der Waals surface area contributed by atoms with E-state index >= 15 is 0 Å². The molecule has 8 heteroatoms. The van der Waals surface area contributed by atoms with Crippen LogP contribution in [-0.4, -0.2) is 26.6 Å². The van der Waals surface area contributed by atoms with Gasteiger partial charge in [-0.1, -0.05) is 23.7 Å². The summed E-state index contributed by atoms with van der Waals surface area (Å²) >= 11 is 5.79. The van der Waals surface area contributed by atoms with Crippen LogP contribution in [0.2, 0.25) is 5.02 Å². The second-order valence-electron chi connectivity index (χ2n) is 5.16. The molecular weight excluding hydrogens is 342 g/mol. The first-order chi connectivity index (χ1) is 12.1. The number of rotatable bonds is 4. The normalized spacial score (nSPS) is 10.3. The van der Waals surface area contributed by atoms with Gasteiger partial charge in [-0.3, -0.25) is 20.4 Å².